The Morgan fingerprint density at radius 1 is 1.67 bits per heavy atom. The molecule has 0 aliphatic heterocycles. The molecule has 0 bridgehead atoms. The lowest BCUT2D eigenvalue weighted by atomic mass is 10.2. The van der Waals surface area contributed by atoms with Crippen LogP contribution in [0.2, 0.25) is 0 Å². The largest absolute Gasteiger partial charge is 0.380 e. The molecule has 52 valence electrons. The third-order valence-electron chi connectivity index (χ3n) is 1.10. The van der Waals surface area contributed by atoms with Crippen LogP contribution in [0.4, 0.5) is 0 Å². The second kappa shape index (κ2) is 4.27. The smallest absolute Gasteiger partial charge is 0.157 e. The molecule has 9 heavy (non-hydrogen) atoms. The summed E-state index contributed by atoms with van der Waals surface area (Å²) < 4.78 is 4.77. The maximum atomic E-state index is 10.6. The van der Waals surface area contributed by atoms with Gasteiger partial charge in [-0.05, 0) is 13.8 Å². The molecule has 0 aromatic heterocycles. The predicted octanol–water partition coefficient (Wildman–Crippen LogP) is 1.17. The van der Waals surface area contributed by atoms with E-state index in [1.807, 2.05) is 6.92 Å². The number of carbonyl (C=O) groups excluding carboxylic acids is 1. The molecule has 0 aliphatic carbocycles. The Hall–Kier alpha value is -0.630. The van der Waals surface area contributed by atoms with E-state index in [4.69, 9.17) is 4.74 Å². The lowest BCUT2D eigenvalue weighted by Crippen LogP contribution is -2.02. The first kappa shape index (κ1) is 8.37. The monoisotopic (exact) mass is 128 g/mol. The fourth-order valence-electron chi connectivity index (χ4n) is 0.544. The van der Waals surface area contributed by atoms with Gasteiger partial charge >= 0.3 is 0 Å². The van der Waals surface area contributed by atoms with E-state index < -0.39 is 0 Å². The van der Waals surface area contributed by atoms with Gasteiger partial charge in [0.05, 0.1) is 6.61 Å². The van der Waals surface area contributed by atoms with Crippen molar-refractivity contribution in [3.05, 3.63) is 11.6 Å². The Morgan fingerprint density at radius 3 is 2.33 bits per heavy atom. The summed E-state index contributed by atoms with van der Waals surface area (Å²) in [5, 5.41) is 0. The highest BCUT2D eigenvalue weighted by Crippen LogP contribution is 1.94. The van der Waals surface area contributed by atoms with Crippen LogP contribution in [0, 0.1) is 0 Å². The molecule has 0 atom stereocenters. The zero-order valence-corrected chi connectivity index (χ0v) is 6.10. The van der Waals surface area contributed by atoms with Crippen molar-refractivity contribution in [1.29, 1.82) is 0 Å². The topological polar surface area (TPSA) is 26.3 Å². The average Bonchev–Trinajstić information content (AvgIpc) is 1.82. The molecule has 0 aromatic carbocycles. The number of ketones is 1. The quantitative estimate of drug-likeness (QED) is 0.533. The van der Waals surface area contributed by atoms with Gasteiger partial charge in [-0.3, -0.25) is 4.79 Å². The normalized spacial score (nSPS) is 11.7. The second-order valence-corrected chi connectivity index (χ2v) is 1.80. The Bertz CT molecular complexity index is 125. The van der Waals surface area contributed by atoms with Gasteiger partial charge in [0.2, 0.25) is 0 Å². The number of rotatable bonds is 3. The van der Waals surface area contributed by atoms with Crippen molar-refractivity contribution in [1.82, 2.24) is 0 Å². The summed E-state index contributed by atoms with van der Waals surface area (Å²) in [6.07, 6.45) is 1.77. The summed E-state index contributed by atoms with van der Waals surface area (Å²) in [5.74, 6) is 0.0827. The van der Waals surface area contributed by atoms with E-state index in [-0.39, 0.29) is 5.78 Å². The van der Waals surface area contributed by atoms with Gasteiger partial charge in [-0.15, -0.1) is 0 Å². The molecular weight excluding hydrogens is 116 g/mol. The molecule has 0 saturated heterocycles. The molecular formula is C7H12O2. The lowest BCUT2D eigenvalue weighted by molar-refractivity contribution is -0.114. The van der Waals surface area contributed by atoms with Crippen LogP contribution in [-0.4, -0.2) is 19.5 Å². The van der Waals surface area contributed by atoms with Crippen molar-refractivity contribution in [3.63, 3.8) is 0 Å². The standard InChI is InChI=1S/C7H12O2/c1-4-7(5-9-3)6(2)8/h4H,5H2,1-3H3/b7-4-. The molecule has 0 heterocycles. The van der Waals surface area contributed by atoms with Gasteiger partial charge in [-0.2, -0.15) is 0 Å². The highest BCUT2D eigenvalue weighted by atomic mass is 16.5. The van der Waals surface area contributed by atoms with Crippen LogP contribution in [0.3, 0.4) is 0 Å². The predicted molar refractivity (Wildman–Crippen MR) is 36.3 cm³/mol. The Kier molecular flexibility index (Phi) is 3.97. The summed E-state index contributed by atoms with van der Waals surface area (Å²) in [5.41, 5.74) is 0.734. The zero-order valence-electron chi connectivity index (χ0n) is 6.10. The SMILES string of the molecule is C/C=C(/COC)C(C)=O. The van der Waals surface area contributed by atoms with E-state index in [0.717, 1.165) is 5.57 Å². The third-order valence-corrected chi connectivity index (χ3v) is 1.10. The van der Waals surface area contributed by atoms with Gasteiger partial charge in [-0.1, -0.05) is 6.08 Å². The van der Waals surface area contributed by atoms with E-state index >= 15 is 0 Å². The van der Waals surface area contributed by atoms with Gasteiger partial charge < -0.3 is 4.74 Å². The number of hydrogen-bond donors (Lipinski definition) is 0. The highest BCUT2D eigenvalue weighted by Gasteiger charge is 1.98. The first-order valence-electron chi connectivity index (χ1n) is 2.87. The average molecular weight is 128 g/mol. The maximum absolute atomic E-state index is 10.6. The van der Waals surface area contributed by atoms with Crippen molar-refractivity contribution >= 4 is 5.78 Å². The van der Waals surface area contributed by atoms with Crippen molar-refractivity contribution in [2.24, 2.45) is 0 Å². The molecule has 0 fully saturated rings. The van der Waals surface area contributed by atoms with Crippen LogP contribution in [0.1, 0.15) is 13.8 Å². The number of allylic oxidation sites excluding steroid dienone is 1. The van der Waals surface area contributed by atoms with Crippen molar-refractivity contribution in [3.8, 4) is 0 Å². The number of ether oxygens (including phenoxy) is 1. The fourth-order valence-corrected chi connectivity index (χ4v) is 0.544. The molecule has 0 spiro atoms. The van der Waals surface area contributed by atoms with Crippen molar-refractivity contribution < 1.29 is 9.53 Å². The number of methoxy groups -OCH3 is 1. The molecule has 0 rings (SSSR count). The molecule has 0 aliphatic rings. The molecule has 2 heteroatoms. The Balaban J connectivity index is 3.85. The first-order chi connectivity index (χ1) is 4.22. The van der Waals surface area contributed by atoms with Crippen LogP contribution in [0.25, 0.3) is 0 Å². The summed E-state index contributed by atoms with van der Waals surface area (Å²) in [7, 11) is 1.58. The molecule has 0 saturated carbocycles. The number of Topliss-reactive ketones (excluding diaryl/α,β-unsaturated/α-hetero) is 1. The minimum absolute atomic E-state index is 0.0827. The molecule has 0 radical (unpaired) electrons. The lowest BCUT2D eigenvalue weighted by Gasteiger charge is -1.97. The summed E-state index contributed by atoms with van der Waals surface area (Å²) in [6.45, 7) is 3.79. The molecule has 0 unspecified atom stereocenters. The molecule has 0 amide bonds. The first-order valence-corrected chi connectivity index (χ1v) is 2.87. The van der Waals surface area contributed by atoms with Crippen LogP contribution in [0.5, 0.6) is 0 Å². The minimum atomic E-state index is 0.0827. The van der Waals surface area contributed by atoms with E-state index in [1.165, 1.54) is 6.92 Å². The van der Waals surface area contributed by atoms with Gasteiger partial charge in [0.1, 0.15) is 0 Å². The van der Waals surface area contributed by atoms with Crippen LogP contribution >= 0.6 is 0 Å². The number of carbonyl (C=O) groups is 1. The zero-order chi connectivity index (χ0) is 7.28. The van der Waals surface area contributed by atoms with Crippen molar-refractivity contribution in [2.75, 3.05) is 13.7 Å². The summed E-state index contributed by atoms with van der Waals surface area (Å²) >= 11 is 0. The Morgan fingerprint density at radius 2 is 2.22 bits per heavy atom. The number of hydrogen-bond acceptors (Lipinski definition) is 2. The van der Waals surface area contributed by atoms with Gasteiger partial charge in [0.25, 0.3) is 0 Å². The summed E-state index contributed by atoms with van der Waals surface area (Å²) in [4.78, 5) is 10.6. The van der Waals surface area contributed by atoms with E-state index in [1.54, 1.807) is 13.2 Å². The van der Waals surface area contributed by atoms with Gasteiger partial charge in [0, 0.05) is 12.7 Å². The van der Waals surface area contributed by atoms with Crippen molar-refractivity contribution in [2.45, 2.75) is 13.8 Å². The highest BCUT2D eigenvalue weighted by molar-refractivity contribution is 5.93. The fraction of sp³-hybridized carbons (Fsp3) is 0.571. The minimum Gasteiger partial charge on any atom is -0.380 e. The van der Waals surface area contributed by atoms with Crippen LogP contribution in [-0.2, 0) is 9.53 Å². The van der Waals surface area contributed by atoms with Crippen LogP contribution in [0.15, 0.2) is 11.6 Å². The molecule has 0 N–H and O–H groups in total. The second-order valence-electron chi connectivity index (χ2n) is 1.80. The summed E-state index contributed by atoms with van der Waals surface area (Å²) in [6, 6.07) is 0. The van der Waals surface area contributed by atoms with E-state index in [2.05, 4.69) is 0 Å². The molecule has 2 nitrogen and oxygen atoms in total. The van der Waals surface area contributed by atoms with Crippen LogP contribution < -0.4 is 0 Å². The van der Waals surface area contributed by atoms with E-state index in [0.29, 0.717) is 6.61 Å². The van der Waals surface area contributed by atoms with Gasteiger partial charge in [-0.25, -0.2) is 0 Å². The third kappa shape index (κ3) is 3.03. The molecule has 0 aromatic rings. The van der Waals surface area contributed by atoms with E-state index in [9.17, 15) is 4.79 Å². The Labute approximate surface area is 55.5 Å². The van der Waals surface area contributed by atoms with Gasteiger partial charge in [0.15, 0.2) is 5.78 Å². The maximum Gasteiger partial charge on any atom is 0.157 e.